The van der Waals surface area contributed by atoms with Crippen LogP contribution in [0.25, 0.3) is 10.2 Å². The van der Waals surface area contributed by atoms with Gasteiger partial charge < -0.3 is 4.74 Å². The zero-order valence-corrected chi connectivity index (χ0v) is 24.3. The van der Waals surface area contributed by atoms with Crippen LogP contribution < -0.4 is 4.90 Å². The van der Waals surface area contributed by atoms with Crippen molar-refractivity contribution in [3.8, 4) is 0 Å². The minimum atomic E-state index is -3.62. The highest BCUT2D eigenvalue weighted by Gasteiger charge is 2.28. The number of aryl methyl sites for hydroxylation is 1. The van der Waals surface area contributed by atoms with Gasteiger partial charge in [0.2, 0.25) is 10.0 Å². The van der Waals surface area contributed by atoms with Gasteiger partial charge in [0.05, 0.1) is 27.8 Å². The molecule has 3 aromatic rings. The third kappa shape index (κ3) is 6.62. The summed E-state index contributed by atoms with van der Waals surface area (Å²) in [5.41, 5.74) is 2.53. The molecule has 1 saturated heterocycles. The first-order chi connectivity index (χ1) is 18.4. The van der Waals surface area contributed by atoms with Gasteiger partial charge in [-0.25, -0.2) is 13.4 Å². The minimum absolute atomic E-state index is 0.0393. The highest BCUT2D eigenvalue weighted by Crippen LogP contribution is 2.32. The Hall–Kier alpha value is -2.33. The number of aromatic nitrogens is 1. The summed E-state index contributed by atoms with van der Waals surface area (Å²) in [4.78, 5) is 20.5. The molecule has 206 valence electrons. The van der Waals surface area contributed by atoms with Crippen molar-refractivity contribution in [3.63, 3.8) is 0 Å². The quantitative estimate of drug-likeness (QED) is 0.247. The Morgan fingerprint density at radius 1 is 1.05 bits per heavy atom. The lowest BCUT2D eigenvalue weighted by atomic mass is 10.1. The monoisotopic (exact) mass is 557 g/mol. The molecule has 0 aliphatic carbocycles. The molecule has 1 aliphatic rings. The van der Waals surface area contributed by atoms with Gasteiger partial charge >= 0.3 is 0 Å². The Kier molecular flexibility index (Phi) is 9.92. The van der Waals surface area contributed by atoms with Gasteiger partial charge in [0, 0.05) is 25.3 Å². The van der Waals surface area contributed by atoms with Crippen molar-refractivity contribution in [1.82, 2.24) is 9.29 Å². The molecule has 7 nitrogen and oxygen atoms in total. The van der Waals surface area contributed by atoms with Gasteiger partial charge in [-0.2, -0.15) is 4.31 Å². The lowest BCUT2D eigenvalue weighted by molar-refractivity contribution is 0.0917. The third-order valence-electron chi connectivity index (χ3n) is 7.00. The van der Waals surface area contributed by atoms with E-state index in [1.165, 1.54) is 16.9 Å². The molecule has 1 fully saturated rings. The maximum Gasteiger partial charge on any atom is 0.260 e. The van der Waals surface area contributed by atoms with Crippen molar-refractivity contribution >= 4 is 42.6 Å². The van der Waals surface area contributed by atoms with E-state index in [9.17, 15) is 13.2 Å². The van der Waals surface area contributed by atoms with E-state index in [2.05, 4.69) is 32.9 Å². The molecule has 0 spiro atoms. The molecule has 0 N–H and O–H groups in total. The second kappa shape index (κ2) is 13.2. The summed E-state index contributed by atoms with van der Waals surface area (Å²) in [6.07, 6.45) is 6.27. The van der Waals surface area contributed by atoms with Gasteiger partial charge in [-0.3, -0.25) is 9.69 Å². The topological polar surface area (TPSA) is 79.8 Å². The minimum Gasteiger partial charge on any atom is -0.376 e. The van der Waals surface area contributed by atoms with E-state index in [1.807, 2.05) is 6.07 Å². The average molecular weight is 558 g/mol. The van der Waals surface area contributed by atoms with Crippen LogP contribution in [0.4, 0.5) is 5.13 Å². The number of nitrogens with zero attached hydrogens (tertiary/aromatic N) is 3. The van der Waals surface area contributed by atoms with Gasteiger partial charge in [0.15, 0.2) is 5.13 Å². The SMILES string of the molecule is CCCCN(CCCC)S(=O)(=O)c1ccc(C(=O)N(CC2CCCO2)c2nc3ccc(CC)cc3s2)cc1. The predicted octanol–water partition coefficient (Wildman–Crippen LogP) is 6.28. The van der Waals surface area contributed by atoms with Gasteiger partial charge in [0.25, 0.3) is 5.91 Å². The molecule has 9 heteroatoms. The molecule has 1 aromatic heterocycles. The molecule has 0 radical (unpaired) electrons. The number of benzene rings is 2. The Morgan fingerprint density at radius 2 is 1.76 bits per heavy atom. The number of amides is 1. The number of thiazole rings is 1. The maximum absolute atomic E-state index is 13.8. The largest absolute Gasteiger partial charge is 0.376 e. The fourth-order valence-electron chi connectivity index (χ4n) is 4.63. The van der Waals surface area contributed by atoms with Gasteiger partial charge in [-0.1, -0.05) is 51.0 Å². The molecule has 38 heavy (non-hydrogen) atoms. The Bertz CT molecular complexity index is 1310. The van der Waals surface area contributed by atoms with E-state index < -0.39 is 10.0 Å². The molecule has 0 saturated carbocycles. The standard InChI is InChI=1S/C29H39N3O4S2/c1-4-7-17-31(18-8-5-2)38(34,35)25-14-12-23(13-15-25)28(33)32(21-24-10-9-19-36-24)29-30-26-16-11-22(6-3)20-27(26)37-29/h11-16,20,24H,4-10,17-19,21H2,1-3H3. The predicted molar refractivity (Wildman–Crippen MR) is 155 cm³/mol. The number of anilines is 1. The van der Waals surface area contributed by atoms with Crippen LogP contribution >= 0.6 is 11.3 Å². The Balaban J connectivity index is 1.61. The summed E-state index contributed by atoms with van der Waals surface area (Å²) in [5.74, 6) is -0.201. The fraction of sp³-hybridized carbons (Fsp3) is 0.517. The second-order valence-electron chi connectivity index (χ2n) is 9.84. The van der Waals surface area contributed by atoms with Crippen molar-refractivity contribution < 1.29 is 17.9 Å². The number of carbonyl (C=O) groups excluding carboxylic acids is 1. The van der Waals surface area contributed by atoms with Crippen LogP contribution in [-0.4, -0.2) is 56.0 Å². The lowest BCUT2D eigenvalue weighted by Gasteiger charge is -2.24. The third-order valence-corrected chi connectivity index (χ3v) is 9.95. The van der Waals surface area contributed by atoms with E-state index in [1.54, 1.807) is 33.5 Å². The van der Waals surface area contributed by atoms with Crippen LogP contribution in [0.1, 0.15) is 75.2 Å². The molecule has 1 amide bonds. The Labute approximate surface area is 230 Å². The summed E-state index contributed by atoms with van der Waals surface area (Å²) >= 11 is 1.50. The van der Waals surface area contributed by atoms with Crippen LogP contribution in [0.15, 0.2) is 47.4 Å². The summed E-state index contributed by atoms with van der Waals surface area (Å²) < 4.78 is 35.2. The Morgan fingerprint density at radius 3 is 2.37 bits per heavy atom. The van der Waals surface area contributed by atoms with Crippen molar-refractivity contribution in [1.29, 1.82) is 0 Å². The molecule has 1 unspecified atom stereocenters. The number of hydrogen-bond acceptors (Lipinski definition) is 6. The highest BCUT2D eigenvalue weighted by atomic mass is 32.2. The summed E-state index contributed by atoms with van der Waals surface area (Å²) in [7, 11) is -3.62. The van der Waals surface area contributed by atoms with Gasteiger partial charge in [-0.15, -0.1) is 0 Å². The molecular formula is C29H39N3O4S2. The molecular weight excluding hydrogens is 518 g/mol. The number of sulfonamides is 1. The van der Waals surface area contributed by atoms with Crippen LogP contribution in [0.2, 0.25) is 0 Å². The molecule has 0 bridgehead atoms. The van der Waals surface area contributed by atoms with Crippen molar-refractivity contribution in [3.05, 3.63) is 53.6 Å². The van der Waals surface area contributed by atoms with E-state index in [0.717, 1.165) is 55.2 Å². The van der Waals surface area contributed by atoms with E-state index >= 15 is 0 Å². The maximum atomic E-state index is 13.8. The number of carbonyl (C=O) groups is 1. The van der Waals surface area contributed by atoms with E-state index in [4.69, 9.17) is 9.72 Å². The number of rotatable bonds is 13. The van der Waals surface area contributed by atoms with Crippen molar-refractivity contribution in [2.24, 2.45) is 0 Å². The van der Waals surface area contributed by atoms with Crippen LogP contribution in [0, 0.1) is 0 Å². The number of ether oxygens (including phenoxy) is 1. The normalized spacial score (nSPS) is 15.9. The zero-order chi connectivity index (χ0) is 27.1. The second-order valence-corrected chi connectivity index (χ2v) is 12.8. The van der Waals surface area contributed by atoms with Crippen LogP contribution in [-0.2, 0) is 21.2 Å². The number of hydrogen-bond donors (Lipinski definition) is 0. The van der Waals surface area contributed by atoms with E-state index in [0.29, 0.717) is 36.9 Å². The molecule has 2 heterocycles. The van der Waals surface area contributed by atoms with Crippen molar-refractivity contribution in [2.45, 2.75) is 76.7 Å². The van der Waals surface area contributed by atoms with Gasteiger partial charge in [0.1, 0.15) is 0 Å². The van der Waals surface area contributed by atoms with Gasteiger partial charge in [-0.05, 0) is 74.1 Å². The van der Waals surface area contributed by atoms with E-state index in [-0.39, 0.29) is 16.9 Å². The lowest BCUT2D eigenvalue weighted by Crippen LogP contribution is -2.37. The molecule has 1 atom stereocenters. The zero-order valence-electron chi connectivity index (χ0n) is 22.7. The molecule has 1 aliphatic heterocycles. The first-order valence-corrected chi connectivity index (χ1v) is 16.1. The fourth-order valence-corrected chi connectivity index (χ4v) is 7.18. The molecule has 4 rings (SSSR count). The smallest absolute Gasteiger partial charge is 0.260 e. The summed E-state index contributed by atoms with van der Waals surface area (Å²) in [6, 6.07) is 12.6. The number of fused-ring (bicyclic) bond motifs is 1. The average Bonchev–Trinajstić information content (AvgIpc) is 3.60. The summed E-state index contributed by atoms with van der Waals surface area (Å²) in [6.45, 7) is 8.36. The van der Waals surface area contributed by atoms with Crippen LogP contribution in [0.5, 0.6) is 0 Å². The molecule has 2 aromatic carbocycles. The summed E-state index contributed by atoms with van der Waals surface area (Å²) in [5, 5.41) is 0.635. The van der Waals surface area contributed by atoms with Crippen molar-refractivity contribution in [2.75, 3.05) is 31.1 Å². The highest BCUT2D eigenvalue weighted by molar-refractivity contribution is 7.89. The number of unbranched alkanes of at least 4 members (excludes halogenated alkanes) is 2. The first kappa shape index (κ1) is 28.7. The van der Waals surface area contributed by atoms with Crippen LogP contribution in [0.3, 0.4) is 0 Å². The first-order valence-electron chi connectivity index (χ1n) is 13.8.